The maximum Gasteiger partial charge on any atom is 0.422 e. The number of amides is 3. The minimum absolute atomic E-state index is 0.199. The molecule has 2 heterocycles. The van der Waals surface area contributed by atoms with Crippen molar-refractivity contribution in [1.82, 2.24) is 9.88 Å². The van der Waals surface area contributed by atoms with Gasteiger partial charge >= 0.3 is 12.2 Å². The van der Waals surface area contributed by atoms with E-state index >= 15 is 0 Å². The van der Waals surface area contributed by atoms with Crippen molar-refractivity contribution in [2.75, 3.05) is 25.0 Å². The maximum atomic E-state index is 12.0. The first-order valence-electron chi connectivity index (χ1n) is 6.75. The number of pyridine rings is 1. The van der Waals surface area contributed by atoms with Crippen molar-refractivity contribution < 1.29 is 27.5 Å². The molecule has 126 valence electrons. The smallest absolute Gasteiger partial charge is 0.422 e. The zero-order valence-electron chi connectivity index (χ0n) is 12.0. The Morgan fingerprint density at radius 3 is 2.70 bits per heavy atom. The number of alkyl halides is 3. The number of nitrogens with zero attached hydrogens (tertiary/aromatic N) is 2. The fourth-order valence-electron chi connectivity index (χ4n) is 2.07. The lowest BCUT2D eigenvalue weighted by atomic mass is 10.1. The Bertz CT molecular complexity index is 577. The van der Waals surface area contributed by atoms with Crippen LogP contribution >= 0.6 is 0 Å². The summed E-state index contributed by atoms with van der Waals surface area (Å²) in [5.74, 6) is -1.01. The van der Waals surface area contributed by atoms with Gasteiger partial charge in [0.15, 0.2) is 6.61 Å². The van der Waals surface area contributed by atoms with Crippen molar-refractivity contribution in [3.05, 3.63) is 18.3 Å². The summed E-state index contributed by atoms with van der Waals surface area (Å²) in [5, 5.41) is 2.54. The van der Waals surface area contributed by atoms with Gasteiger partial charge in [-0.25, -0.2) is 9.78 Å². The van der Waals surface area contributed by atoms with Crippen molar-refractivity contribution in [2.24, 2.45) is 11.7 Å². The van der Waals surface area contributed by atoms with Gasteiger partial charge in [0, 0.05) is 19.2 Å². The molecule has 10 heteroatoms. The molecule has 23 heavy (non-hydrogen) atoms. The predicted molar refractivity (Wildman–Crippen MR) is 73.7 cm³/mol. The lowest BCUT2D eigenvalue weighted by molar-refractivity contribution is -0.154. The van der Waals surface area contributed by atoms with E-state index in [9.17, 15) is 22.8 Å². The summed E-state index contributed by atoms with van der Waals surface area (Å²) in [6.45, 7) is -0.797. The number of nitrogens with two attached hydrogens (primary N) is 1. The zero-order chi connectivity index (χ0) is 17.0. The Hall–Kier alpha value is -2.52. The number of primary amides is 1. The third kappa shape index (κ3) is 5.01. The van der Waals surface area contributed by atoms with Crippen LogP contribution in [0.2, 0.25) is 0 Å². The van der Waals surface area contributed by atoms with Gasteiger partial charge in [-0.3, -0.25) is 4.79 Å². The molecule has 1 fully saturated rings. The molecule has 2 rings (SSSR count). The Morgan fingerprint density at radius 2 is 2.17 bits per heavy atom. The highest BCUT2D eigenvalue weighted by atomic mass is 19.4. The number of likely N-dealkylation sites (tertiary alicyclic amines) is 1. The fourth-order valence-corrected chi connectivity index (χ4v) is 2.07. The number of carbonyl (C=O) groups is 2. The third-order valence-electron chi connectivity index (χ3n) is 3.25. The molecule has 1 aromatic heterocycles. The van der Waals surface area contributed by atoms with Crippen molar-refractivity contribution >= 4 is 17.6 Å². The molecule has 0 radical (unpaired) electrons. The van der Waals surface area contributed by atoms with Crippen LogP contribution in [0.3, 0.4) is 0 Å². The van der Waals surface area contributed by atoms with E-state index in [2.05, 4.69) is 15.0 Å². The summed E-state index contributed by atoms with van der Waals surface area (Å²) in [6, 6.07) is 2.16. The first-order chi connectivity index (χ1) is 10.7. The highest BCUT2D eigenvalue weighted by Gasteiger charge is 2.30. The van der Waals surface area contributed by atoms with E-state index in [0.29, 0.717) is 18.7 Å². The Kier molecular flexibility index (Phi) is 4.92. The first kappa shape index (κ1) is 16.8. The van der Waals surface area contributed by atoms with Gasteiger partial charge in [-0.05, 0) is 12.5 Å². The third-order valence-corrected chi connectivity index (χ3v) is 3.25. The molecular weight excluding hydrogens is 317 g/mol. The molecular formula is C13H15F3N4O3. The van der Waals surface area contributed by atoms with Gasteiger partial charge in [0.25, 0.3) is 0 Å². The molecule has 0 bridgehead atoms. The lowest BCUT2D eigenvalue weighted by Gasteiger charge is -2.16. The molecule has 0 spiro atoms. The van der Waals surface area contributed by atoms with Crippen molar-refractivity contribution in [3.63, 3.8) is 0 Å². The zero-order valence-corrected chi connectivity index (χ0v) is 12.0. The number of ether oxygens (including phenoxy) is 1. The number of anilines is 1. The normalized spacial score (nSPS) is 17.9. The predicted octanol–water partition coefficient (Wildman–Crippen LogP) is 1.36. The molecule has 3 amide bonds. The molecule has 0 aromatic carbocycles. The van der Waals surface area contributed by atoms with Crippen LogP contribution in [0.25, 0.3) is 0 Å². The van der Waals surface area contributed by atoms with Gasteiger partial charge < -0.3 is 20.7 Å². The number of urea groups is 1. The van der Waals surface area contributed by atoms with E-state index in [1.54, 1.807) is 0 Å². The quantitative estimate of drug-likeness (QED) is 0.870. The van der Waals surface area contributed by atoms with Crippen LogP contribution in [0, 0.1) is 5.92 Å². The van der Waals surface area contributed by atoms with Crippen LogP contribution in [0.15, 0.2) is 18.3 Å². The molecule has 0 saturated carbocycles. The Morgan fingerprint density at radius 1 is 1.43 bits per heavy atom. The first-order valence-corrected chi connectivity index (χ1v) is 6.75. The molecule has 1 atom stereocenters. The number of rotatable bonds is 4. The summed E-state index contributed by atoms with van der Waals surface area (Å²) in [7, 11) is 0. The number of hydrogen-bond acceptors (Lipinski definition) is 4. The van der Waals surface area contributed by atoms with Crippen LogP contribution < -0.4 is 15.8 Å². The van der Waals surface area contributed by atoms with Crippen LogP contribution in [-0.2, 0) is 4.79 Å². The standard InChI is InChI=1S/C13H15F3N4O3/c14-13(15,16)7-23-10-2-1-9(5-18-10)19-12(22)20-4-3-8(6-20)11(17)21/h1-2,5,8H,3-4,6-7H2,(H2,17,21)(H,19,22)/t8-/m0/s1. The van der Waals surface area contributed by atoms with E-state index in [4.69, 9.17) is 5.73 Å². The van der Waals surface area contributed by atoms with Gasteiger partial charge in [-0.15, -0.1) is 0 Å². The van der Waals surface area contributed by atoms with E-state index in [0.717, 1.165) is 0 Å². The summed E-state index contributed by atoms with van der Waals surface area (Å²) >= 11 is 0. The molecule has 0 aliphatic carbocycles. The van der Waals surface area contributed by atoms with Crippen molar-refractivity contribution in [2.45, 2.75) is 12.6 Å². The number of nitrogens with one attached hydrogen (secondary N) is 1. The minimum Gasteiger partial charge on any atom is -0.468 e. The molecule has 1 aliphatic rings. The van der Waals surface area contributed by atoms with E-state index in [1.807, 2.05) is 0 Å². The number of halogens is 3. The maximum absolute atomic E-state index is 12.0. The lowest BCUT2D eigenvalue weighted by Crippen LogP contribution is -2.34. The van der Waals surface area contributed by atoms with Crippen LogP contribution in [0.1, 0.15) is 6.42 Å². The Labute approximate surface area is 129 Å². The molecule has 7 nitrogen and oxygen atoms in total. The van der Waals surface area contributed by atoms with E-state index in [1.165, 1.54) is 23.2 Å². The molecule has 1 aromatic rings. The number of carbonyl (C=O) groups excluding carboxylic acids is 2. The largest absolute Gasteiger partial charge is 0.468 e. The van der Waals surface area contributed by atoms with Gasteiger partial charge in [0.2, 0.25) is 11.8 Å². The molecule has 0 unspecified atom stereocenters. The monoisotopic (exact) mass is 332 g/mol. The second kappa shape index (κ2) is 6.71. The minimum atomic E-state index is -4.44. The summed E-state index contributed by atoms with van der Waals surface area (Å²) < 4.78 is 40.5. The van der Waals surface area contributed by atoms with Crippen molar-refractivity contribution in [1.29, 1.82) is 0 Å². The average Bonchev–Trinajstić information content (AvgIpc) is 2.96. The van der Waals surface area contributed by atoms with Crippen LogP contribution in [0.4, 0.5) is 23.7 Å². The summed E-state index contributed by atoms with van der Waals surface area (Å²) in [5.41, 5.74) is 5.49. The van der Waals surface area contributed by atoms with Crippen LogP contribution in [0.5, 0.6) is 5.88 Å². The van der Waals surface area contributed by atoms with Gasteiger partial charge in [-0.2, -0.15) is 13.2 Å². The highest BCUT2D eigenvalue weighted by molar-refractivity contribution is 5.90. The molecule has 3 N–H and O–H groups in total. The average molecular weight is 332 g/mol. The Balaban J connectivity index is 1.86. The van der Waals surface area contributed by atoms with Gasteiger partial charge in [0.05, 0.1) is 17.8 Å². The van der Waals surface area contributed by atoms with E-state index < -0.39 is 24.7 Å². The van der Waals surface area contributed by atoms with Crippen LogP contribution in [-0.4, -0.2) is 47.7 Å². The topological polar surface area (TPSA) is 97.6 Å². The molecule has 1 aliphatic heterocycles. The van der Waals surface area contributed by atoms with Gasteiger partial charge in [0.1, 0.15) is 0 Å². The second-order valence-corrected chi connectivity index (χ2v) is 5.05. The number of aromatic nitrogens is 1. The number of hydrogen-bond donors (Lipinski definition) is 2. The second-order valence-electron chi connectivity index (χ2n) is 5.05. The highest BCUT2D eigenvalue weighted by Crippen LogP contribution is 2.19. The molecule has 1 saturated heterocycles. The SMILES string of the molecule is NC(=O)[C@H]1CCN(C(=O)Nc2ccc(OCC(F)(F)F)nc2)C1. The van der Waals surface area contributed by atoms with Crippen molar-refractivity contribution in [3.8, 4) is 5.88 Å². The summed E-state index contributed by atoms with van der Waals surface area (Å²) in [4.78, 5) is 28.1. The van der Waals surface area contributed by atoms with E-state index in [-0.39, 0.29) is 18.3 Å². The fraction of sp³-hybridized carbons (Fsp3) is 0.462. The summed E-state index contributed by atoms with van der Waals surface area (Å²) in [6.07, 6.45) is -2.75. The van der Waals surface area contributed by atoms with Gasteiger partial charge in [-0.1, -0.05) is 0 Å².